The van der Waals surface area contributed by atoms with Crippen LogP contribution < -0.4 is 5.32 Å². The summed E-state index contributed by atoms with van der Waals surface area (Å²) < 4.78 is 7.50. The molecule has 25 heavy (non-hydrogen) atoms. The molecule has 1 aromatic carbocycles. The molecule has 2 aliphatic rings. The Bertz CT molecular complexity index is 754. The van der Waals surface area contributed by atoms with Crippen LogP contribution in [0.3, 0.4) is 0 Å². The first kappa shape index (κ1) is 16.5. The number of ether oxygens (including phenoxy) is 1. The van der Waals surface area contributed by atoms with Crippen molar-refractivity contribution >= 4 is 16.9 Å². The third-order valence-electron chi connectivity index (χ3n) is 5.20. The lowest BCUT2D eigenvalue weighted by molar-refractivity contribution is 0.0916. The Morgan fingerprint density at radius 2 is 2.16 bits per heavy atom. The van der Waals surface area contributed by atoms with Crippen molar-refractivity contribution in [1.29, 1.82) is 0 Å². The minimum atomic E-state index is -0.0849. The second-order valence-corrected chi connectivity index (χ2v) is 6.79. The molecule has 0 bridgehead atoms. The molecular weight excluding hydrogens is 320 g/mol. The quantitative estimate of drug-likeness (QED) is 0.831. The van der Waals surface area contributed by atoms with Gasteiger partial charge in [0.2, 0.25) is 0 Å². The lowest BCUT2D eigenvalue weighted by atomic mass is 10.1. The zero-order valence-corrected chi connectivity index (χ0v) is 14.2. The highest BCUT2D eigenvalue weighted by molar-refractivity contribution is 5.97. The van der Waals surface area contributed by atoms with Gasteiger partial charge in [-0.2, -0.15) is 0 Å². The largest absolute Gasteiger partial charge is 0.395 e. The van der Waals surface area contributed by atoms with Crippen LogP contribution in [0.2, 0.25) is 0 Å². The van der Waals surface area contributed by atoms with Gasteiger partial charge in [-0.3, -0.25) is 9.69 Å². The fourth-order valence-electron chi connectivity index (χ4n) is 3.86. The summed E-state index contributed by atoms with van der Waals surface area (Å²) in [5, 5.41) is 12.2. The van der Waals surface area contributed by atoms with E-state index < -0.39 is 0 Å². The normalized spacial score (nSPS) is 24.2. The highest BCUT2D eigenvalue weighted by Gasteiger charge is 2.35. The van der Waals surface area contributed by atoms with Gasteiger partial charge in [-0.15, -0.1) is 0 Å². The Labute approximate surface area is 146 Å². The van der Waals surface area contributed by atoms with E-state index in [1.54, 1.807) is 12.4 Å². The van der Waals surface area contributed by atoms with Crippen LogP contribution in [-0.2, 0) is 11.3 Å². The maximum atomic E-state index is 12.7. The molecule has 0 aliphatic carbocycles. The number of imidazole rings is 1. The molecule has 2 fully saturated rings. The van der Waals surface area contributed by atoms with Crippen molar-refractivity contribution in [2.75, 3.05) is 32.9 Å². The fourth-order valence-corrected chi connectivity index (χ4v) is 3.86. The predicted molar refractivity (Wildman–Crippen MR) is 93.5 cm³/mol. The molecule has 0 spiro atoms. The molecule has 2 aromatic rings. The first-order valence-corrected chi connectivity index (χ1v) is 8.94. The standard InChI is InChI=1S/C18H24N4O3/c23-8-7-22-12-19-14-9-13(3-4-16(14)22)18(24)20-15-10-25-11-17(15)21-5-1-2-6-21/h3-4,9,12,15,17,23H,1-2,5-8,10-11H2,(H,20,24)/t15-,17-/m0/s1. The average Bonchev–Trinajstić information content (AvgIpc) is 3.35. The van der Waals surface area contributed by atoms with Gasteiger partial charge < -0.3 is 19.7 Å². The molecule has 0 unspecified atom stereocenters. The van der Waals surface area contributed by atoms with Gasteiger partial charge >= 0.3 is 0 Å². The first-order chi connectivity index (χ1) is 12.3. The number of aromatic nitrogens is 2. The summed E-state index contributed by atoms with van der Waals surface area (Å²) in [5.74, 6) is -0.0849. The van der Waals surface area contributed by atoms with Crippen molar-refractivity contribution in [2.45, 2.75) is 31.5 Å². The molecule has 2 N–H and O–H groups in total. The summed E-state index contributed by atoms with van der Waals surface area (Å²) in [7, 11) is 0. The third-order valence-corrected chi connectivity index (χ3v) is 5.20. The number of hydrogen-bond acceptors (Lipinski definition) is 5. The lowest BCUT2D eigenvalue weighted by Gasteiger charge is -2.27. The fraction of sp³-hybridized carbons (Fsp3) is 0.556. The maximum absolute atomic E-state index is 12.7. The number of likely N-dealkylation sites (tertiary alicyclic amines) is 1. The van der Waals surface area contributed by atoms with E-state index in [1.807, 2.05) is 16.7 Å². The summed E-state index contributed by atoms with van der Waals surface area (Å²) in [6.45, 7) is 4.01. The van der Waals surface area contributed by atoms with Gasteiger partial charge in [-0.05, 0) is 44.1 Å². The molecule has 0 saturated carbocycles. The van der Waals surface area contributed by atoms with Crippen molar-refractivity contribution in [3.63, 3.8) is 0 Å². The number of hydrogen-bond donors (Lipinski definition) is 2. The summed E-state index contributed by atoms with van der Waals surface area (Å²) in [6, 6.07) is 5.82. The molecule has 2 saturated heterocycles. The van der Waals surface area contributed by atoms with Gasteiger partial charge in [0.25, 0.3) is 5.91 Å². The zero-order valence-electron chi connectivity index (χ0n) is 14.2. The van der Waals surface area contributed by atoms with Gasteiger partial charge in [0.15, 0.2) is 0 Å². The van der Waals surface area contributed by atoms with E-state index in [4.69, 9.17) is 9.84 Å². The van der Waals surface area contributed by atoms with Crippen molar-refractivity contribution in [3.8, 4) is 0 Å². The Morgan fingerprint density at radius 1 is 1.32 bits per heavy atom. The van der Waals surface area contributed by atoms with Crippen molar-refractivity contribution in [1.82, 2.24) is 19.8 Å². The summed E-state index contributed by atoms with van der Waals surface area (Å²) >= 11 is 0. The molecule has 1 aromatic heterocycles. The molecule has 7 nitrogen and oxygen atoms in total. The van der Waals surface area contributed by atoms with E-state index in [0.29, 0.717) is 25.3 Å². The number of aliphatic hydroxyl groups is 1. The Balaban J connectivity index is 1.47. The monoisotopic (exact) mass is 344 g/mol. The molecule has 2 aliphatic heterocycles. The number of amides is 1. The summed E-state index contributed by atoms with van der Waals surface area (Å²) in [5.41, 5.74) is 2.29. The summed E-state index contributed by atoms with van der Waals surface area (Å²) in [4.78, 5) is 19.4. The SMILES string of the molecule is O=C(N[C@H]1COC[C@@H]1N1CCCC1)c1ccc2c(c1)ncn2CCO. The van der Waals surface area contributed by atoms with E-state index in [-0.39, 0.29) is 24.6 Å². The number of nitrogens with zero attached hydrogens (tertiary/aromatic N) is 3. The number of rotatable bonds is 5. The third kappa shape index (κ3) is 3.27. The van der Waals surface area contributed by atoms with Gasteiger partial charge in [-0.1, -0.05) is 0 Å². The van der Waals surface area contributed by atoms with Gasteiger partial charge in [0, 0.05) is 12.1 Å². The molecule has 2 atom stereocenters. The molecule has 4 rings (SSSR count). The molecular formula is C18H24N4O3. The van der Waals surface area contributed by atoms with Crippen LogP contribution >= 0.6 is 0 Å². The highest BCUT2D eigenvalue weighted by Crippen LogP contribution is 2.20. The summed E-state index contributed by atoms with van der Waals surface area (Å²) in [6.07, 6.45) is 4.14. The highest BCUT2D eigenvalue weighted by atomic mass is 16.5. The average molecular weight is 344 g/mol. The van der Waals surface area contributed by atoms with Crippen LogP contribution in [0.4, 0.5) is 0 Å². The Morgan fingerprint density at radius 3 is 2.96 bits per heavy atom. The van der Waals surface area contributed by atoms with Crippen LogP contribution in [-0.4, -0.2) is 70.5 Å². The van der Waals surface area contributed by atoms with Crippen LogP contribution in [0, 0.1) is 0 Å². The number of carbonyl (C=O) groups is 1. The zero-order chi connectivity index (χ0) is 17.2. The number of aliphatic hydroxyl groups excluding tert-OH is 1. The topological polar surface area (TPSA) is 79.6 Å². The van der Waals surface area contributed by atoms with E-state index in [9.17, 15) is 4.79 Å². The molecule has 7 heteroatoms. The second kappa shape index (κ2) is 7.11. The minimum Gasteiger partial charge on any atom is -0.395 e. The molecule has 1 amide bonds. The smallest absolute Gasteiger partial charge is 0.251 e. The van der Waals surface area contributed by atoms with Crippen molar-refractivity contribution < 1.29 is 14.6 Å². The van der Waals surface area contributed by atoms with E-state index in [1.165, 1.54) is 12.8 Å². The van der Waals surface area contributed by atoms with E-state index in [0.717, 1.165) is 24.1 Å². The number of fused-ring (bicyclic) bond motifs is 1. The lowest BCUT2D eigenvalue weighted by Crippen LogP contribution is -2.50. The van der Waals surface area contributed by atoms with E-state index in [2.05, 4.69) is 15.2 Å². The number of nitrogens with one attached hydrogen (secondary N) is 1. The molecule has 134 valence electrons. The maximum Gasteiger partial charge on any atom is 0.251 e. The van der Waals surface area contributed by atoms with Crippen molar-refractivity contribution in [2.24, 2.45) is 0 Å². The van der Waals surface area contributed by atoms with Gasteiger partial charge in [-0.25, -0.2) is 4.98 Å². The van der Waals surface area contributed by atoms with Gasteiger partial charge in [0.1, 0.15) is 0 Å². The molecule has 3 heterocycles. The number of carbonyl (C=O) groups excluding carboxylic acids is 1. The van der Waals surface area contributed by atoms with Crippen molar-refractivity contribution in [3.05, 3.63) is 30.1 Å². The number of benzene rings is 1. The Kier molecular flexibility index (Phi) is 4.70. The van der Waals surface area contributed by atoms with Crippen LogP contribution in [0.1, 0.15) is 23.2 Å². The minimum absolute atomic E-state index is 0.0354. The first-order valence-electron chi connectivity index (χ1n) is 8.94. The van der Waals surface area contributed by atoms with Gasteiger partial charge in [0.05, 0.1) is 49.3 Å². The Hall–Kier alpha value is -1.96. The van der Waals surface area contributed by atoms with E-state index >= 15 is 0 Å². The second-order valence-electron chi connectivity index (χ2n) is 6.79. The molecule has 0 radical (unpaired) electrons. The van der Waals surface area contributed by atoms with Crippen LogP contribution in [0.15, 0.2) is 24.5 Å². The van der Waals surface area contributed by atoms with Crippen LogP contribution in [0.25, 0.3) is 11.0 Å². The van der Waals surface area contributed by atoms with Crippen LogP contribution in [0.5, 0.6) is 0 Å². The predicted octanol–water partition coefficient (Wildman–Crippen LogP) is 0.622.